The maximum Gasteiger partial charge on any atom is 0.419 e. The largest absolute Gasteiger partial charge is 0.487 e. The van der Waals surface area contributed by atoms with Crippen molar-refractivity contribution in [2.45, 2.75) is 19.2 Å². The van der Waals surface area contributed by atoms with E-state index in [1.165, 1.54) is 12.3 Å². The quantitative estimate of drug-likeness (QED) is 0.835. The molecule has 9 heteroatoms. The van der Waals surface area contributed by atoms with Crippen molar-refractivity contribution in [1.82, 2.24) is 4.98 Å². The molecular weight excluding hydrogens is 356 g/mol. The van der Waals surface area contributed by atoms with Crippen molar-refractivity contribution in [2.75, 3.05) is 18.0 Å². The van der Waals surface area contributed by atoms with Gasteiger partial charge in [0.2, 0.25) is 0 Å². The van der Waals surface area contributed by atoms with E-state index in [9.17, 15) is 27.5 Å². The van der Waals surface area contributed by atoms with Crippen LogP contribution in [-0.4, -0.2) is 35.3 Å². The molecular formula is C17H14F4N2O3. The first kappa shape index (κ1) is 18.0. The Kier molecular flexibility index (Phi) is 4.47. The van der Waals surface area contributed by atoms with E-state index in [1.54, 1.807) is 11.8 Å². The van der Waals surface area contributed by atoms with Gasteiger partial charge in [0.1, 0.15) is 29.1 Å². The number of pyridine rings is 1. The number of hydrogen-bond donors (Lipinski definition) is 1. The van der Waals surface area contributed by atoms with Crippen LogP contribution in [0.3, 0.4) is 0 Å². The topological polar surface area (TPSA) is 62.7 Å². The molecule has 5 nitrogen and oxygen atoms in total. The van der Waals surface area contributed by atoms with Crippen LogP contribution in [0.2, 0.25) is 0 Å². The molecule has 0 aliphatic carbocycles. The molecule has 0 amide bonds. The molecule has 0 unspecified atom stereocenters. The predicted octanol–water partition coefficient (Wildman–Crippen LogP) is 3.51. The third-order valence-electron chi connectivity index (χ3n) is 3.93. The first-order chi connectivity index (χ1) is 12.1. The Morgan fingerprint density at radius 1 is 1.31 bits per heavy atom. The van der Waals surface area contributed by atoms with Crippen LogP contribution in [-0.2, 0) is 6.18 Å². The van der Waals surface area contributed by atoms with Gasteiger partial charge in [0, 0.05) is 6.20 Å². The normalized spacial score (nSPS) is 14.9. The van der Waals surface area contributed by atoms with E-state index in [0.29, 0.717) is 17.7 Å². The monoisotopic (exact) mass is 370 g/mol. The molecule has 1 aliphatic rings. The Bertz CT molecular complexity index is 848. The highest BCUT2D eigenvalue weighted by atomic mass is 19.4. The summed E-state index contributed by atoms with van der Waals surface area (Å²) in [6, 6.07) is 3.94. The maximum atomic E-state index is 13.3. The number of alkyl halides is 3. The summed E-state index contributed by atoms with van der Waals surface area (Å²) in [6.07, 6.45) is -3.73. The number of nitrogens with zero attached hydrogens (tertiary/aromatic N) is 2. The number of ether oxygens (including phenoxy) is 1. The first-order valence-corrected chi connectivity index (χ1v) is 7.63. The number of halogens is 4. The Labute approximate surface area is 145 Å². The number of anilines is 1. The third-order valence-corrected chi connectivity index (χ3v) is 3.93. The minimum absolute atomic E-state index is 0.0459. The highest BCUT2D eigenvalue weighted by Gasteiger charge is 2.36. The van der Waals surface area contributed by atoms with Crippen LogP contribution in [0.25, 0.3) is 0 Å². The highest BCUT2D eigenvalue weighted by molar-refractivity contribution is 5.93. The third kappa shape index (κ3) is 3.56. The standard InChI is InChI=1S/C17H14F4N2O3/c1-9-4-12(16(24)25)15(22-6-9)23-7-11(8-23)26-10-2-3-14(18)13(5-10)17(19,20)21/h2-6,11H,7-8H2,1H3,(H,24,25). The fourth-order valence-corrected chi connectivity index (χ4v) is 2.64. The fourth-order valence-electron chi connectivity index (χ4n) is 2.64. The van der Waals surface area contributed by atoms with E-state index in [2.05, 4.69) is 4.98 Å². The molecule has 1 saturated heterocycles. The van der Waals surface area contributed by atoms with Crippen LogP contribution >= 0.6 is 0 Å². The minimum Gasteiger partial charge on any atom is -0.487 e. The first-order valence-electron chi connectivity index (χ1n) is 7.63. The van der Waals surface area contributed by atoms with Gasteiger partial charge in [-0.2, -0.15) is 13.2 Å². The van der Waals surface area contributed by atoms with Crippen LogP contribution in [0.5, 0.6) is 5.75 Å². The summed E-state index contributed by atoms with van der Waals surface area (Å²) in [5.41, 5.74) is -0.644. The summed E-state index contributed by atoms with van der Waals surface area (Å²) in [6.45, 7) is 2.24. The van der Waals surface area contributed by atoms with E-state index in [1.807, 2.05) is 0 Å². The molecule has 26 heavy (non-hydrogen) atoms. The average Bonchev–Trinajstić information content (AvgIpc) is 2.51. The molecule has 1 aromatic carbocycles. The highest BCUT2D eigenvalue weighted by Crippen LogP contribution is 2.34. The van der Waals surface area contributed by atoms with Crippen LogP contribution in [0.15, 0.2) is 30.5 Å². The number of aromatic nitrogens is 1. The predicted molar refractivity (Wildman–Crippen MR) is 84.0 cm³/mol. The molecule has 2 aromatic rings. The molecule has 138 valence electrons. The lowest BCUT2D eigenvalue weighted by Gasteiger charge is -2.40. The summed E-state index contributed by atoms with van der Waals surface area (Å²) < 4.78 is 56.9. The molecule has 1 aliphatic heterocycles. The molecule has 1 N–H and O–H groups in total. The number of carboxylic acid groups (broad SMARTS) is 1. The van der Waals surface area contributed by atoms with Gasteiger partial charge in [-0.15, -0.1) is 0 Å². The summed E-state index contributed by atoms with van der Waals surface area (Å²) in [5, 5.41) is 9.25. The minimum atomic E-state index is -4.81. The van der Waals surface area contributed by atoms with Gasteiger partial charge in [-0.05, 0) is 36.8 Å². The van der Waals surface area contributed by atoms with Crippen molar-refractivity contribution in [2.24, 2.45) is 0 Å². The van der Waals surface area contributed by atoms with Crippen molar-refractivity contribution in [1.29, 1.82) is 0 Å². The van der Waals surface area contributed by atoms with Gasteiger partial charge in [-0.25, -0.2) is 14.2 Å². The molecule has 1 fully saturated rings. The van der Waals surface area contributed by atoms with Crippen LogP contribution in [0, 0.1) is 12.7 Å². The molecule has 1 aromatic heterocycles. The van der Waals surface area contributed by atoms with E-state index in [0.717, 1.165) is 6.07 Å². The van der Waals surface area contributed by atoms with Crippen LogP contribution < -0.4 is 9.64 Å². The number of carboxylic acids is 1. The molecule has 0 atom stereocenters. The van der Waals surface area contributed by atoms with Gasteiger partial charge in [-0.3, -0.25) is 0 Å². The van der Waals surface area contributed by atoms with Gasteiger partial charge < -0.3 is 14.7 Å². The lowest BCUT2D eigenvalue weighted by atomic mass is 10.1. The van der Waals surface area contributed by atoms with E-state index in [4.69, 9.17) is 4.74 Å². The van der Waals surface area contributed by atoms with Gasteiger partial charge in [0.05, 0.1) is 18.7 Å². The Hall–Kier alpha value is -2.84. The molecule has 3 rings (SSSR count). The summed E-state index contributed by atoms with van der Waals surface area (Å²) >= 11 is 0. The van der Waals surface area contributed by atoms with Crippen LogP contribution in [0.4, 0.5) is 23.4 Å². The van der Waals surface area contributed by atoms with Crippen molar-refractivity contribution in [3.63, 3.8) is 0 Å². The molecule has 0 radical (unpaired) electrons. The number of aromatic carboxylic acids is 1. The zero-order valence-electron chi connectivity index (χ0n) is 13.5. The van der Waals surface area contributed by atoms with Crippen LogP contribution in [0.1, 0.15) is 21.5 Å². The molecule has 0 bridgehead atoms. The average molecular weight is 370 g/mol. The van der Waals surface area contributed by atoms with Gasteiger partial charge in [-0.1, -0.05) is 0 Å². The van der Waals surface area contributed by atoms with Gasteiger partial charge in [0.15, 0.2) is 0 Å². The second-order valence-electron chi connectivity index (χ2n) is 5.97. The second-order valence-corrected chi connectivity index (χ2v) is 5.97. The van der Waals surface area contributed by atoms with E-state index < -0.39 is 29.6 Å². The molecule has 0 saturated carbocycles. The smallest absolute Gasteiger partial charge is 0.419 e. The number of benzene rings is 1. The van der Waals surface area contributed by atoms with Crippen molar-refractivity contribution in [3.05, 3.63) is 53.0 Å². The summed E-state index contributed by atoms with van der Waals surface area (Å²) in [5.74, 6) is -2.30. The zero-order chi connectivity index (χ0) is 19.1. The fraction of sp³-hybridized carbons (Fsp3) is 0.294. The maximum absolute atomic E-state index is 13.3. The van der Waals surface area contributed by atoms with Crippen molar-refractivity contribution >= 4 is 11.8 Å². The lowest BCUT2D eigenvalue weighted by molar-refractivity contribution is -0.140. The Morgan fingerprint density at radius 3 is 2.62 bits per heavy atom. The Morgan fingerprint density at radius 2 is 2.00 bits per heavy atom. The molecule has 2 heterocycles. The van der Waals surface area contributed by atoms with Crippen molar-refractivity contribution in [3.8, 4) is 5.75 Å². The van der Waals surface area contributed by atoms with E-state index >= 15 is 0 Å². The number of aryl methyl sites for hydroxylation is 1. The summed E-state index contributed by atoms with van der Waals surface area (Å²) in [7, 11) is 0. The number of carbonyl (C=O) groups is 1. The number of hydrogen-bond acceptors (Lipinski definition) is 4. The van der Waals surface area contributed by atoms with Crippen molar-refractivity contribution < 1.29 is 32.2 Å². The molecule has 0 spiro atoms. The van der Waals surface area contributed by atoms with E-state index in [-0.39, 0.29) is 30.2 Å². The number of rotatable bonds is 4. The van der Waals surface area contributed by atoms with Gasteiger partial charge in [0.25, 0.3) is 0 Å². The summed E-state index contributed by atoms with van der Waals surface area (Å²) in [4.78, 5) is 17.1. The second kappa shape index (κ2) is 6.47. The lowest BCUT2D eigenvalue weighted by Crippen LogP contribution is -2.54. The Balaban J connectivity index is 1.70. The zero-order valence-corrected chi connectivity index (χ0v) is 13.5. The van der Waals surface area contributed by atoms with Gasteiger partial charge >= 0.3 is 12.1 Å². The SMILES string of the molecule is Cc1cnc(N2CC(Oc3ccc(F)c(C(F)(F)F)c3)C2)c(C(=O)O)c1.